The van der Waals surface area contributed by atoms with Gasteiger partial charge in [-0.05, 0) is 37.5 Å². The number of carbonyl (C=O) groups excluding carboxylic acids is 1. The molecule has 0 bridgehead atoms. The average molecular weight is 504 g/mol. The Kier molecular flexibility index (Phi) is 9.16. The van der Waals surface area contributed by atoms with Crippen LogP contribution in [0.25, 0.3) is 0 Å². The second-order valence-electron chi connectivity index (χ2n) is 6.45. The summed E-state index contributed by atoms with van der Waals surface area (Å²) in [6.07, 6.45) is 0.736. The second kappa shape index (κ2) is 11.1. The van der Waals surface area contributed by atoms with Gasteiger partial charge in [0.25, 0.3) is 0 Å². The monoisotopic (exact) mass is 503 g/mol. The summed E-state index contributed by atoms with van der Waals surface area (Å²) in [5, 5.41) is 2.81. The van der Waals surface area contributed by atoms with E-state index < -0.39 is 18.8 Å². The largest absolute Gasteiger partial charge is 0.404 e. The van der Waals surface area contributed by atoms with E-state index >= 15 is 0 Å². The summed E-state index contributed by atoms with van der Waals surface area (Å²) in [6.45, 7) is 3.07. The van der Waals surface area contributed by atoms with Crippen LogP contribution in [0.5, 0.6) is 0 Å². The van der Waals surface area contributed by atoms with Crippen LogP contribution in [0.15, 0.2) is 53.0 Å². The maximum Gasteiger partial charge on any atom is 0.404 e. The van der Waals surface area contributed by atoms with Crippen LogP contribution in [0, 0.1) is 0 Å². The number of nitrogens with one attached hydrogen (secondary N) is 1. The van der Waals surface area contributed by atoms with Gasteiger partial charge in [-0.2, -0.15) is 8.78 Å². The van der Waals surface area contributed by atoms with Gasteiger partial charge in [0.2, 0.25) is 5.91 Å². The van der Waals surface area contributed by atoms with Crippen LogP contribution in [0.4, 0.5) is 8.78 Å². The number of benzene rings is 2. The highest BCUT2D eigenvalue weighted by atomic mass is 79.9. The summed E-state index contributed by atoms with van der Waals surface area (Å²) >= 11 is 3.11. The molecule has 5 nitrogen and oxygen atoms in total. The number of amides is 1. The van der Waals surface area contributed by atoms with E-state index in [1.165, 1.54) is 26.0 Å². The number of hydrogen-bond acceptors (Lipinski definition) is 4. The fourth-order valence-electron chi connectivity index (χ4n) is 2.84. The van der Waals surface area contributed by atoms with E-state index in [-0.39, 0.29) is 30.0 Å². The molecule has 164 valence electrons. The van der Waals surface area contributed by atoms with Crippen molar-refractivity contribution in [2.75, 3.05) is 19.8 Å². The predicted octanol–water partition coefficient (Wildman–Crippen LogP) is 5.67. The minimum atomic E-state index is -4.70. The lowest BCUT2D eigenvalue weighted by molar-refractivity contribution is -0.120. The molecule has 1 N–H and O–H groups in total. The topological polar surface area (TPSA) is 64.6 Å². The molecule has 0 saturated carbocycles. The minimum Gasteiger partial charge on any atom is -0.355 e. The van der Waals surface area contributed by atoms with Crippen molar-refractivity contribution in [2.45, 2.75) is 32.4 Å². The van der Waals surface area contributed by atoms with Crippen molar-refractivity contribution in [3.8, 4) is 0 Å². The van der Waals surface area contributed by atoms with E-state index in [2.05, 4.69) is 21.2 Å². The van der Waals surface area contributed by atoms with Crippen molar-refractivity contribution in [1.29, 1.82) is 0 Å². The van der Waals surface area contributed by atoms with Crippen molar-refractivity contribution in [1.82, 2.24) is 5.32 Å². The molecule has 30 heavy (non-hydrogen) atoms. The molecule has 1 amide bonds. The summed E-state index contributed by atoms with van der Waals surface area (Å²) in [6, 6.07) is 13.7. The molecule has 2 rings (SSSR count). The van der Waals surface area contributed by atoms with Gasteiger partial charge in [-0.1, -0.05) is 58.4 Å². The molecule has 0 radical (unpaired) electrons. The first-order valence-corrected chi connectivity index (χ1v) is 11.9. The minimum absolute atomic E-state index is 0.0294. The summed E-state index contributed by atoms with van der Waals surface area (Å²) < 4.78 is 52.1. The van der Waals surface area contributed by atoms with Crippen molar-refractivity contribution in [3.63, 3.8) is 0 Å². The predicted molar refractivity (Wildman–Crippen MR) is 116 cm³/mol. The molecule has 0 atom stereocenters. The van der Waals surface area contributed by atoms with E-state index in [0.717, 1.165) is 11.6 Å². The maximum absolute atomic E-state index is 14.9. The summed E-state index contributed by atoms with van der Waals surface area (Å²) in [5.41, 5.74) is -2.70. The molecule has 0 fully saturated rings. The van der Waals surface area contributed by atoms with Gasteiger partial charge in [0.1, 0.15) is 0 Å². The van der Waals surface area contributed by atoms with E-state index in [4.69, 9.17) is 9.05 Å². The molecule has 0 aliphatic rings. The molecule has 0 spiro atoms. The van der Waals surface area contributed by atoms with Gasteiger partial charge in [0, 0.05) is 16.6 Å². The van der Waals surface area contributed by atoms with Gasteiger partial charge < -0.3 is 14.4 Å². The number of halogens is 3. The first kappa shape index (κ1) is 24.7. The Morgan fingerprint density at radius 3 is 2.27 bits per heavy atom. The fraction of sp³-hybridized carbons (Fsp3) is 0.381. The van der Waals surface area contributed by atoms with Gasteiger partial charge in [0.05, 0.1) is 19.6 Å². The quantitative estimate of drug-likeness (QED) is 0.401. The average Bonchev–Trinajstić information content (AvgIpc) is 2.69. The first-order chi connectivity index (χ1) is 14.2. The normalized spacial score (nSPS) is 12.0. The lowest BCUT2D eigenvalue weighted by Crippen LogP contribution is -2.27. The zero-order chi connectivity index (χ0) is 22.2. The molecule has 2 aromatic rings. The van der Waals surface area contributed by atoms with Crippen LogP contribution in [-0.2, 0) is 36.9 Å². The zero-order valence-corrected chi connectivity index (χ0v) is 19.3. The van der Waals surface area contributed by atoms with E-state index in [1.54, 1.807) is 0 Å². The third kappa shape index (κ3) is 6.20. The Labute approximate surface area is 183 Å². The van der Waals surface area contributed by atoms with Crippen molar-refractivity contribution < 1.29 is 27.2 Å². The Morgan fingerprint density at radius 1 is 1.07 bits per heavy atom. The number of rotatable bonds is 11. The van der Waals surface area contributed by atoms with Crippen LogP contribution in [-0.4, -0.2) is 25.7 Å². The second-order valence-corrected chi connectivity index (χ2v) is 9.38. The first-order valence-electron chi connectivity index (χ1n) is 9.60. The highest BCUT2D eigenvalue weighted by Crippen LogP contribution is 2.67. The highest BCUT2D eigenvalue weighted by Gasteiger charge is 2.55. The Morgan fingerprint density at radius 2 is 1.70 bits per heavy atom. The third-order valence-electron chi connectivity index (χ3n) is 4.24. The molecule has 0 aliphatic heterocycles. The van der Waals surface area contributed by atoms with Crippen LogP contribution >= 0.6 is 23.5 Å². The molecule has 0 heterocycles. The molecular formula is C21H25BrF2NO4P. The van der Waals surface area contributed by atoms with Crippen LogP contribution in [0.3, 0.4) is 0 Å². The molecule has 0 saturated heterocycles. The maximum atomic E-state index is 14.9. The van der Waals surface area contributed by atoms with Crippen LogP contribution in [0.1, 0.15) is 30.5 Å². The number of alkyl halides is 2. The zero-order valence-electron chi connectivity index (χ0n) is 16.9. The van der Waals surface area contributed by atoms with Gasteiger partial charge in [0.15, 0.2) is 0 Å². The van der Waals surface area contributed by atoms with Crippen molar-refractivity contribution >= 4 is 29.4 Å². The van der Waals surface area contributed by atoms with E-state index in [0.29, 0.717) is 18.5 Å². The molecule has 2 aromatic carbocycles. The van der Waals surface area contributed by atoms with Crippen molar-refractivity contribution in [3.05, 3.63) is 69.7 Å². The number of hydrogen-bond donors (Lipinski definition) is 1. The Hall–Kier alpha value is -1.60. The van der Waals surface area contributed by atoms with Crippen LogP contribution < -0.4 is 5.32 Å². The lowest BCUT2D eigenvalue weighted by Gasteiger charge is -2.26. The van der Waals surface area contributed by atoms with E-state index in [1.807, 2.05) is 30.3 Å². The third-order valence-corrected chi connectivity index (χ3v) is 7.02. The summed E-state index contributed by atoms with van der Waals surface area (Å²) in [4.78, 5) is 12.2. The molecule has 0 aliphatic carbocycles. The lowest BCUT2D eigenvalue weighted by atomic mass is 10.1. The standard InChI is InChI=1S/C21H25BrF2NO4P/c1-3-28-30(27,29-4-2)21(23,24)18-11-10-17(14-19(18)22)15-20(26)25-13-12-16-8-6-5-7-9-16/h5-11,14H,3-4,12-13,15H2,1-2H3,(H,25,26). The van der Waals surface area contributed by atoms with E-state index in [9.17, 15) is 18.1 Å². The van der Waals surface area contributed by atoms with Gasteiger partial charge in [-0.25, -0.2) is 0 Å². The highest BCUT2D eigenvalue weighted by molar-refractivity contribution is 9.10. The Bertz CT molecular complexity index is 886. The molecular weight excluding hydrogens is 479 g/mol. The molecule has 9 heteroatoms. The summed E-state index contributed by atoms with van der Waals surface area (Å²) in [5.74, 6) is -0.216. The summed E-state index contributed by atoms with van der Waals surface area (Å²) in [7, 11) is -4.70. The number of carbonyl (C=O) groups is 1. The van der Waals surface area contributed by atoms with Crippen molar-refractivity contribution in [2.24, 2.45) is 0 Å². The SMILES string of the molecule is CCOP(=O)(OCC)C(F)(F)c1ccc(CC(=O)NCCc2ccccc2)cc1Br. The van der Waals surface area contributed by atoms with Gasteiger partial charge >= 0.3 is 13.3 Å². The van der Waals surface area contributed by atoms with Gasteiger partial charge in [-0.3, -0.25) is 9.36 Å². The smallest absolute Gasteiger partial charge is 0.355 e. The fourth-order valence-corrected chi connectivity index (χ4v) is 5.24. The molecule has 0 aromatic heterocycles. The Balaban J connectivity index is 2.05. The van der Waals surface area contributed by atoms with Gasteiger partial charge in [-0.15, -0.1) is 0 Å². The van der Waals surface area contributed by atoms with Crippen LogP contribution in [0.2, 0.25) is 0 Å². The molecule has 0 unspecified atom stereocenters.